The third-order valence-corrected chi connectivity index (χ3v) is 3.34. The lowest BCUT2D eigenvalue weighted by molar-refractivity contribution is 0.102. The van der Waals surface area contributed by atoms with E-state index in [1.165, 1.54) is 0 Å². The average Bonchev–Trinajstić information content (AvgIpc) is 2.47. The summed E-state index contributed by atoms with van der Waals surface area (Å²) in [5.41, 5.74) is 2.02. The number of amides is 1. The third-order valence-electron chi connectivity index (χ3n) is 3.34. The smallest absolute Gasteiger partial charge is 0.255 e. The van der Waals surface area contributed by atoms with Crippen molar-refractivity contribution in [1.82, 2.24) is 0 Å². The normalized spacial score (nSPS) is 15.0. The molecule has 0 unspecified atom stereocenters. The predicted molar refractivity (Wildman–Crippen MR) is 84.6 cm³/mol. The summed E-state index contributed by atoms with van der Waals surface area (Å²) in [6, 6.07) is 14.9. The van der Waals surface area contributed by atoms with Gasteiger partial charge in [0.15, 0.2) is 0 Å². The molecule has 1 aliphatic rings. The fourth-order valence-electron chi connectivity index (χ4n) is 2.25. The molecule has 3 rings (SSSR count). The maximum absolute atomic E-state index is 12.3. The number of nitrogens with one attached hydrogen (secondary N) is 1. The molecule has 0 atom stereocenters. The van der Waals surface area contributed by atoms with Crippen molar-refractivity contribution in [3.05, 3.63) is 65.7 Å². The van der Waals surface area contributed by atoms with Gasteiger partial charge in [-0.25, -0.2) is 0 Å². The summed E-state index contributed by atoms with van der Waals surface area (Å²) >= 11 is 0. The van der Waals surface area contributed by atoms with Crippen LogP contribution in [0.4, 0.5) is 5.69 Å². The van der Waals surface area contributed by atoms with E-state index in [2.05, 4.69) is 5.32 Å². The van der Waals surface area contributed by atoms with Gasteiger partial charge in [-0.3, -0.25) is 4.79 Å². The third kappa shape index (κ3) is 2.97. The first-order chi connectivity index (χ1) is 10.0. The average molecular weight is 279 g/mol. The predicted octanol–water partition coefficient (Wildman–Crippen LogP) is 4.12. The molecule has 2 aromatic rings. The highest BCUT2D eigenvalue weighted by Gasteiger charge is 2.22. The van der Waals surface area contributed by atoms with Gasteiger partial charge >= 0.3 is 0 Å². The summed E-state index contributed by atoms with van der Waals surface area (Å²) in [5.74, 6) is 0.681. The van der Waals surface area contributed by atoms with Crippen LogP contribution in [0.3, 0.4) is 0 Å². The Balaban J connectivity index is 1.83. The summed E-state index contributed by atoms with van der Waals surface area (Å²) in [5, 5.41) is 2.88. The van der Waals surface area contributed by atoms with Gasteiger partial charge in [-0.15, -0.1) is 0 Å². The minimum atomic E-state index is -0.305. The van der Waals surface area contributed by atoms with Crippen LogP contribution in [0.2, 0.25) is 0 Å². The van der Waals surface area contributed by atoms with Crippen molar-refractivity contribution >= 4 is 17.7 Å². The summed E-state index contributed by atoms with van der Waals surface area (Å²) in [6.07, 6.45) is 3.99. The van der Waals surface area contributed by atoms with Crippen molar-refractivity contribution in [3.8, 4) is 5.75 Å². The molecule has 1 heterocycles. The van der Waals surface area contributed by atoms with Gasteiger partial charge in [0.05, 0.1) is 0 Å². The van der Waals surface area contributed by atoms with Gasteiger partial charge in [-0.05, 0) is 50.3 Å². The number of hydrogen-bond donors (Lipinski definition) is 1. The number of carbonyl (C=O) groups excluding carboxylic acids is 1. The highest BCUT2D eigenvalue weighted by atomic mass is 16.5. The summed E-state index contributed by atoms with van der Waals surface area (Å²) < 4.78 is 5.85. The first-order valence-corrected chi connectivity index (χ1v) is 6.92. The molecule has 3 heteroatoms. The number of rotatable bonds is 2. The van der Waals surface area contributed by atoms with Crippen LogP contribution in [0.1, 0.15) is 29.8 Å². The standard InChI is InChI=1S/C18H17NO2/c1-18(2)11-10-13-12-14(8-9-16(13)21-18)17(20)19-15-6-4-3-5-7-15/h3-12H,1-2H3,(H,19,20). The Bertz CT molecular complexity index is 702. The van der Waals surface area contributed by atoms with Crippen LogP contribution in [0.15, 0.2) is 54.6 Å². The van der Waals surface area contributed by atoms with Gasteiger partial charge in [-0.1, -0.05) is 24.3 Å². The minimum absolute atomic E-state index is 0.123. The maximum atomic E-state index is 12.3. The molecule has 0 radical (unpaired) electrons. The van der Waals surface area contributed by atoms with Gasteiger partial charge in [0.2, 0.25) is 0 Å². The molecule has 2 aromatic carbocycles. The van der Waals surface area contributed by atoms with Crippen LogP contribution < -0.4 is 10.1 Å². The lowest BCUT2D eigenvalue weighted by Gasteiger charge is -2.27. The molecule has 3 nitrogen and oxygen atoms in total. The molecule has 0 spiro atoms. The van der Waals surface area contributed by atoms with Crippen molar-refractivity contribution in [2.45, 2.75) is 19.4 Å². The number of hydrogen-bond acceptors (Lipinski definition) is 2. The summed E-state index contributed by atoms with van der Waals surface area (Å²) in [7, 11) is 0. The molecule has 0 bridgehead atoms. The van der Waals surface area contributed by atoms with Gasteiger partial charge in [0.25, 0.3) is 5.91 Å². The molecule has 0 saturated heterocycles. The van der Waals surface area contributed by atoms with Crippen LogP contribution >= 0.6 is 0 Å². The van der Waals surface area contributed by atoms with E-state index in [0.717, 1.165) is 17.0 Å². The molecule has 0 aromatic heterocycles. The SMILES string of the molecule is CC1(C)C=Cc2cc(C(=O)Nc3ccccc3)ccc2O1. The first kappa shape index (κ1) is 13.4. The monoisotopic (exact) mass is 279 g/mol. The van der Waals surface area contributed by atoms with E-state index in [9.17, 15) is 4.79 Å². The molecular formula is C18H17NO2. The lowest BCUT2D eigenvalue weighted by atomic mass is 10.0. The second kappa shape index (κ2) is 5.09. The molecule has 0 saturated carbocycles. The van der Waals surface area contributed by atoms with Crippen molar-refractivity contribution < 1.29 is 9.53 Å². The van der Waals surface area contributed by atoms with Crippen molar-refractivity contribution in [2.75, 3.05) is 5.32 Å². The van der Waals surface area contributed by atoms with Gasteiger partial charge in [0, 0.05) is 16.8 Å². The second-order valence-electron chi connectivity index (χ2n) is 5.61. The van der Waals surface area contributed by atoms with Gasteiger partial charge in [-0.2, -0.15) is 0 Å². The van der Waals surface area contributed by atoms with Crippen LogP contribution in [-0.4, -0.2) is 11.5 Å². The van der Waals surface area contributed by atoms with Crippen LogP contribution in [-0.2, 0) is 0 Å². The van der Waals surface area contributed by atoms with Gasteiger partial charge < -0.3 is 10.1 Å². The van der Waals surface area contributed by atoms with Crippen LogP contribution in [0.25, 0.3) is 6.08 Å². The van der Waals surface area contributed by atoms with Crippen LogP contribution in [0, 0.1) is 0 Å². The fourth-order valence-corrected chi connectivity index (χ4v) is 2.25. The Morgan fingerprint density at radius 2 is 1.86 bits per heavy atom. The summed E-state index contributed by atoms with van der Waals surface area (Å²) in [6.45, 7) is 4.00. The van der Waals surface area contributed by atoms with Crippen molar-refractivity contribution in [1.29, 1.82) is 0 Å². The molecule has 1 amide bonds. The van der Waals surface area contributed by atoms with Crippen LogP contribution in [0.5, 0.6) is 5.75 Å². The highest BCUT2D eigenvalue weighted by Crippen LogP contribution is 2.31. The van der Waals surface area contributed by atoms with Gasteiger partial charge in [0.1, 0.15) is 11.4 Å². The minimum Gasteiger partial charge on any atom is -0.483 e. The molecule has 21 heavy (non-hydrogen) atoms. The number of anilines is 1. The van der Waals surface area contributed by atoms with E-state index < -0.39 is 0 Å². The zero-order valence-corrected chi connectivity index (χ0v) is 12.1. The number of fused-ring (bicyclic) bond motifs is 1. The lowest BCUT2D eigenvalue weighted by Crippen LogP contribution is -2.27. The number of carbonyl (C=O) groups is 1. The van der Waals surface area contributed by atoms with Crippen molar-refractivity contribution in [3.63, 3.8) is 0 Å². The Morgan fingerprint density at radius 1 is 1.10 bits per heavy atom. The highest BCUT2D eigenvalue weighted by molar-refractivity contribution is 6.04. The fraction of sp³-hybridized carbons (Fsp3) is 0.167. The largest absolute Gasteiger partial charge is 0.483 e. The van der Waals surface area contributed by atoms with E-state index in [1.54, 1.807) is 6.07 Å². The zero-order valence-electron chi connectivity index (χ0n) is 12.1. The zero-order chi connectivity index (χ0) is 14.9. The number of ether oxygens (including phenoxy) is 1. The molecule has 1 aliphatic heterocycles. The Morgan fingerprint density at radius 3 is 2.62 bits per heavy atom. The van der Waals surface area contributed by atoms with E-state index >= 15 is 0 Å². The van der Waals surface area contributed by atoms with E-state index in [-0.39, 0.29) is 11.5 Å². The molecular weight excluding hydrogens is 262 g/mol. The first-order valence-electron chi connectivity index (χ1n) is 6.92. The van der Waals surface area contributed by atoms with E-state index in [1.807, 2.05) is 68.5 Å². The second-order valence-corrected chi connectivity index (χ2v) is 5.61. The molecule has 106 valence electrons. The quantitative estimate of drug-likeness (QED) is 0.898. The molecule has 0 fully saturated rings. The molecule has 1 N–H and O–H groups in total. The number of para-hydroxylation sites is 1. The topological polar surface area (TPSA) is 38.3 Å². The molecule has 0 aliphatic carbocycles. The van der Waals surface area contributed by atoms with Crippen molar-refractivity contribution in [2.24, 2.45) is 0 Å². The summed E-state index contributed by atoms with van der Waals surface area (Å²) in [4.78, 5) is 12.3. The van der Waals surface area contributed by atoms with E-state index in [0.29, 0.717) is 5.56 Å². The van der Waals surface area contributed by atoms with E-state index in [4.69, 9.17) is 4.74 Å². The maximum Gasteiger partial charge on any atom is 0.255 e. The Labute approximate surface area is 124 Å². The Kier molecular flexibility index (Phi) is 3.26. The Hall–Kier alpha value is -2.55. The number of benzene rings is 2.